The zero-order valence-electron chi connectivity index (χ0n) is 9.08. The van der Waals surface area contributed by atoms with Crippen molar-refractivity contribution >= 4 is 21.9 Å². The highest BCUT2D eigenvalue weighted by molar-refractivity contribution is 9.10. The molecule has 0 amide bonds. The molecular formula is C12H12BrFO3. The topological polar surface area (TPSA) is 46.5 Å². The van der Waals surface area contributed by atoms with Crippen molar-refractivity contribution in [2.75, 3.05) is 0 Å². The smallest absolute Gasteiger partial charge is 0.336 e. The SMILES string of the molecule is O=C(O)c1ccc(OC2CCCC2)c(F)c1Br. The summed E-state index contributed by atoms with van der Waals surface area (Å²) >= 11 is 2.95. The molecule has 92 valence electrons. The number of hydrogen-bond donors (Lipinski definition) is 1. The zero-order chi connectivity index (χ0) is 12.4. The lowest BCUT2D eigenvalue weighted by Crippen LogP contribution is -2.12. The molecular weight excluding hydrogens is 291 g/mol. The fourth-order valence-electron chi connectivity index (χ4n) is 1.97. The highest BCUT2D eigenvalue weighted by atomic mass is 79.9. The van der Waals surface area contributed by atoms with Crippen LogP contribution in [0.3, 0.4) is 0 Å². The van der Waals surface area contributed by atoms with Crippen LogP contribution in [0.2, 0.25) is 0 Å². The quantitative estimate of drug-likeness (QED) is 0.928. The lowest BCUT2D eigenvalue weighted by Gasteiger charge is -2.14. The number of aromatic carboxylic acids is 1. The Labute approximate surface area is 107 Å². The first kappa shape index (κ1) is 12.4. The summed E-state index contributed by atoms with van der Waals surface area (Å²) in [6, 6.07) is 2.72. The Morgan fingerprint density at radius 3 is 2.65 bits per heavy atom. The van der Waals surface area contributed by atoms with Crippen molar-refractivity contribution in [1.82, 2.24) is 0 Å². The van der Waals surface area contributed by atoms with Crippen molar-refractivity contribution in [3.05, 3.63) is 28.0 Å². The van der Waals surface area contributed by atoms with E-state index in [1.807, 2.05) is 0 Å². The second-order valence-corrected chi connectivity index (χ2v) is 4.86. The molecule has 0 aromatic heterocycles. The van der Waals surface area contributed by atoms with Gasteiger partial charge in [-0.2, -0.15) is 0 Å². The molecule has 17 heavy (non-hydrogen) atoms. The summed E-state index contributed by atoms with van der Waals surface area (Å²) in [6.07, 6.45) is 4.10. The van der Waals surface area contributed by atoms with Crippen LogP contribution in [0.15, 0.2) is 16.6 Å². The second kappa shape index (κ2) is 5.04. The van der Waals surface area contributed by atoms with Crippen LogP contribution in [0.4, 0.5) is 4.39 Å². The summed E-state index contributed by atoms with van der Waals surface area (Å²) in [7, 11) is 0. The molecule has 1 aliphatic carbocycles. The third kappa shape index (κ3) is 2.60. The largest absolute Gasteiger partial charge is 0.487 e. The molecule has 2 rings (SSSR count). The molecule has 3 nitrogen and oxygen atoms in total. The zero-order valence-corrected chi connectivity index (χ0v) is 10.7. The number of benzene rings is 1. The van der Waals surface area contributed by atoms with Gasteiger partial charge in [0.25, 0.3) is 0 Å². The monoisotopic (exact) mass is 302 g/mol. The molecule has 0 atom stereocenters. The van der Waals surface area contributed by atoms with E-state index in [0.717, 1.165) is 25.7 Å². The number of carboxylic acid groups (broad SMARTS) is 1. The predicted molar refractivity (Wildman–Crippen MR) is 63.9 cm³/mol. The lowest BCUT2D eigenvalue weighted by molar-refractivity contribution is 0.0695. The lowest BCUT2D eigenvalue weighted by atomic mass is 10.2. The van der Waals surface area contributed by atoms with Gasteiger partial charge in [0.05, 0.1) is 16.1 Å². The summed E-state index contributed by atoms with van der Waals surface area (Å²) in [5.74, 6) is -1.69. The Kier molecular flexibility index (Phi) is 3.66. The summed E-state index contributed by atoms with van der Waals surface area (Å²) in [4.78, 5) is 10.8. The van der Waals surface area contributed by atoms with Crippen molar-refractivity contribution in [2.45, 2.75) is 31.8 Å². The summed E-state index contributed by atoms with van der Waals surface area (Å²) in [5.41, 5.74) is -0.0960. The molecule has 0 heterocycles. The van der Waals surface area contributed by atoms with Gasteiger partial charge in [-0.3, -0.25) is 0 Å². The molecule has 1 aromatic rings. The van der Waals surface area contributed by atoms with Crippen LogP contribution in [0.25, 0.3) is 0 Å². The molecule has 1 saturated carbocycles. The van der Waals surface area contributed by atoms with Crippen LogP contribution in [-0.4, -0.2) is 17.2 Å². The number of halogens is 2. The van der Waals surface area contributed by atoms with Crippen LogP contribution >= 0.6 is 15.9 Å². The van der Waals surface area contributed by atoms with E-state index in [4.69, 9.17) is 9.84 Å². The first-order valence-electron chi connectivity index (χ1n) is 5.47. The average molecular weight is 303 g/mol. The fraction of sp³-hybridized carbons (Fsp3) is 0.417. The van der Waals surface area contributed by atoms with E-state index in [1.54, 1.807) is 0 Å². The molecule has 5 heteroatoms. The molecule has 0 radical (unpaired) electrons. The van der Waals surface area contributed by atoms with Crippen LogP contribution in [-0.2, 0) is 0 Å². The van der Waals surface area contributed by atoms with Gasteiger partial charge in [0.1, 0.15) is 0 Å². The van der Waals surface area contributed by atoms with Crippen LogP contribution in [0.5, 0.6) is 5.75 Å². The van der Waals surface area contributed by atoms with Gasteiger partial charge in [-0.1, -0.05) is 0 Å². The molecule has 0 unspecified atom stereocenters. The van der Waals surface area contributed by atoms with E-state index < -0.39 is 11.8 Å². The van der Waals surface area contributed by atoms with E-state index in [2.05, 4.69) is 15.9 Å². The molecule has 0 saturated heterocycles. The van der Waals surface area contributed by atoms with Crippen LogP contribution < -0.4 is 4.74 Å². The van der Waals surface area contributed by atoms with Crippen molar-refractivity contribution in [1.29, 1.82) is 0 Å². The van der Waals surface area contributed by atoms with E-state index in [1.165, 1.54) is 12.1 Å². The Morgan fingerprint density at radius 2 is 2.06 bits per heavy atom. The van der Waals surface area contributed by atoms with Gasteiger partial charge < -0.3 is 9.84 Å². The van der Waals surface area contributed by atoms with Crippen LogP contribution in [0.1, 0.15) is 36.0 Å². The predicted octanol–water partition coefficient (Wildman–Crippen LogP) is 3.61. The molecule has 1 N–H and O–H groups in total. The third-order valence-corrected chi connectivity index (χ3v) is 3.65. The molecule has 0 spiro atoms. The van der Waals surface area contributed by atoms with Crippen molar-refractivity contribution in [3.8, 4) is 5.75 Å². The minimum absolute atomic E-state index is 0.0482. The van der Waals surface area contributed by atoms with E-state index >= 15 is 0 Å². The minimum Gasteiger partial charge on any atom is -0.487 e. The maximum Gasteiger partial charge on any atom is 0.336 e. The fourth-order valence-corrected chi connectivity index (χ4v) is 2.47. The minimum atomic E-state index is -1.16. The maximum atomic E-state index is 13.8. The summed E-state index contributed by atoms with van der Waals surface area (Å²) in [6.45, 7) is 0. The molecule has 1 aromatic carbocycles. The highest BCUT2D eigenvalue weighted by Crippen LogP contribution is 2.31. The first-order chi connectivity index (χ1) is 8.09. The number of hydrogen-bond acceptors (Lipinski definition) is 2. The van der Waals surface area contributed by atoms with Gasteiger partial charge in [0, 0.05) is 0 Å². The van der Waals surface area contributed by atoms with Gasteiger partial charge in [-0.25, -0.2) is 9.18 Å². The number of ether oxygens (including phenoxy) is 1. The van der Waals surface area contributed by atoms with Gasteiger partial charge in [-0.15, -0.1) is 0 Å². The Hall–Kier alpha value is -1.10. The van der Waals surface area contributed by atoms with E-state index in [-0.39, 0.29) is 21.9 Å². The van der Waals surface area contributed by atoms with E-state index in [0.29, 0.717) is 0 Å². The Bertz CT molecular complexity index is 442. The van der Waals surface area contributed by atoms with Crippen molar-refractivity contribution < 1.29 is 19.0 Å². The molecule has 1 aliphatic rings. The standard InChI is InChI=1S/C12H12BrFO3/c13-10-8(12(15)16)5-6-9(11(10)14)17-7-3-1-2-4-7/h5-7H,1-4H2,(H,15,16). The maximum absolute atomic E-state index is 13.8. The average Bonchev–Trinajstić information content (AvgIpc) is 2.77. The van der Waals surface area contributed by atoms with Gasteiger partial charge in [0.15, 0.2) is 11.6 Å². The van der Waals surface area contributed by atoms with Crippen LogP contribution in [0, 0.1) is 5.82 Å². The summed E-state index contributed by atoms with van der Waals surface area (Å²) < 4.78 is 19.3. The number of rotatable bonds is 3. The highest BCUT2D eigenvalue weighted by Gasteiger charge is 2.21. The number of carboxylic acids is 1. The molecule has 0 bridgehead atoms. The van der Waals surface area contributed by atoms with Gasteiger partial charge >= 0.3 is 5.97 Å². The third-order valence-electron chi connectivity index (χ3n) is 2.87. The van der Waals surface area contributed by atoms with Crippen molar-refractivity contribution in [3.63, 3.8) is 0 Å². The van der Waals surface area contributed by atoms with Gasteiger partial charge in [-0.05, 0) is 53.7 Å². The number of carbonyl (C=O) groups is 1. The molecule has 0 aliphatic heterocycles. The van der Waals surface area contributed by atoms with Crippen molar-refractivity contribution in [2.24, 2.45) is 0 Å². The van der Waals surface area contributed by atoms with Gasteiger partial charge in [0.2, 0.25) is 0 Å². The second-order valence-electron chi connectivity index (χ2n) is 4.07. The Morgan fingerprint density at radius 1 is 1.41 bits per heavy atom. The Balaban J connectivity index is 2.23. The van der Waals surface area contributed by atoms with E-state index in [9.17, 15) is 9.18 Å². The molecule has 1 fully saturated rings. The first-order valence-corrected chi connectivity index (χ1v) is 6.27. The normalized spacial score (nSPS) is 16.1. The summed E-state index contributed by atoms with van der Waals surface area (Å²) in [5, 5.41) is 8.83.